The van der Waals surface area contributed by atoms with Crippen LogP contribution in [0.3, 0.4) is 0 Å². The van der Waals surface area contributed by atoms with Gasteiger partial charge in [0.2, 0.25) is 0 Å². The number of likely N-dealkylation sites (tertiary alicyclic amines) is 1. The number of ether oxygens (including phenoxy) is 4. The van der Waals surface area contributed by atoms with E-state index in [0.29, 0.717) is 19.4 Å². The maximum Gasteiger partial charge on any atom is 0.136 e. The van der Waals surface area contributed by atoms with Gasteiger partial charge >= 0.3 is 0 Å². The Kier molecular flexibility index (Phi) is 4.99. The van der Waals surface area contributed by atoms with E-state index in [1.165, 1.54) is 0 Å². The molecule has 0 aromatic rings. The molecule has 0 unspecified atom stereocenters. The third-order valence-corrected chi connectivity index (χ3v) is 11.6. The molecule has 8 heteroatoms. The van der Waals surface area contributed by atoms with Crippen molar-refractivity contribution >= 4 is 0 Å². The van der Waals surface area contributed by atoms with Gasteiger partial charge in [-0.25, -0.2) is 0 Å². The number of methoxy groups -OCH3 is 4. The summed E-state index contributed by atoms with van der Waals surface area (Å²) in [5.74, 6) is -0.142. The molecule has 1 heterocycles. The van der Waals surface area contributed by atoms with Crippen molar-refractivity contribution in [2.24, 2.45) is 34.5 Å². The maximum atomic E-state index is 12.9. The molecule has 8 nitrogen and oxygen atoms in total. The van der Waals surface area contributed by atoms with Gasteiger partial charge in [-0.05, 0) is 31.7 Å². The van der Waals surface area contributed by atoms with Crippen LogP contribution in [-0.4, -0.2) is 110 Å². The molecule has 13 atom stereocenters. The van der Waals surface area contributed by atoms with Crippen LogP contribution in [0.5, 0.6) is 0 Å². The molecule has 5 aliphatic carbocycles. The van der Waals surface area contributed by atoms with Crippen LogP contribution in [0.1, 0.15) is 32.6 Å². The molecule has 6 fully saturated rings. The summed E-state index contributed by atoms with van der Waals surface area (Å²) >= 11 is 0. The highest BCUT2D eigenvalue weighted by molar-refractivity contribution is 5.41. The van der Waals surface area contributed by atoms with Crippen molar-refractivity contribution < 1.29 is 34.3 Å². The lowest BCUT2D eigenvalue weighted by atomic mass is 9.42. The maximum absolute atomic E-state index is 12.9. The first-order chi connectivity index (χ1) is 15.8. The fraction of sp³-hybridized carbons (Fsp3) is 1.00. The molecule has 1 saturated heterocycles. The Morgan fingerprint density at radius 1 is 1.09 bits per heavy atom. The summed E-state index contributed by atoms with van der Waals surface area (Å²) in [6.07, 6.45) is 0.890. The van der Waals surface area contributed by atoms with E-state index in [1.807, 2.05) is 0 Å². The quantitative estimate of drug-likeness (QED) is 0.512. The van der Waals surface area contributed by atoms with Gasteiger partial charge in [0.25, 0.3) is 0 Å². The summed E-state index contributed by atoms with van der Waals surface area (Å²) < 4.78 is 24.3. The van der Waals surface area contributed by atoms with Crippen LogP contribution in [0.15, 0.2) is 0 Å². The van der Waals surface area contributed by atoms with E-state index in [1.54, 1.807) is 28.4 Å². The number of aliphatic hydroxyl groups excluding tert-OH is 2. The second-order valence-corrected chi connectivity index (χ2v) is 11.9. The minimum Gasteiger partial charge on any atom is -0.392 e. The lowest BCUT2D eigenvalue weighted by Gasteiger charge is -2.70. The first-order valence-corrected chi connectivity index (χ1v) is 12.7. The summed E-state index contributed by atoms with van der Waals surface area (Å²) in [5.41, 5.74) is -3.53. The van der Waals surface area contributed by atoms with E-state index in [0.717, 1.165) is 25.9 Å². The van der Waals surface area contributed by atoms with Crippen LogP contribution < -0.4 is 0 Å². The molecule has 5 saturated carbocycles. The van der Waals surface area contributed by atoms with Gasteiger partial charge in [0.1, 0.15) is 11.2 Å². The SMILES string of the molecule is CCN1C[C@]2(COC)CC[C@@H](O)[C@@]34[C@@H]2[C@@H](O)[C@@](O)([C@@H]13)[C@]1(OC)C[C@@H](OC)[C@@H]2C[C@H]4[C@H]1[C@H]2OC. The molecule has 0 aromatic carbocycles. The third kappa shape index (κ3) is 2.16. The largest absolute Gasteiger partial charge is 0.392 e. The van der Waals surface area contributed by atoms with E-state index in [2.05, 4.69) is 11.8 Å². The Hall–Kier alpha value is -0.320. The Labute approximate surface area is 196 Å². The molecule has 6 aliphatic rings. The zero-order valence-electron chi connectivity index (χ0n) is 20.6. The molecule has 1 spiro atoms. The fourth-order valence-corrected chi connectivity index (χ4v) is 11.1. The number of aliphatic hydroxyl groups is 3. The van der Waals surface area contributed by atoms with Crippen molar-refractivity contribution in [3.63, 3.8) is 0 Å². The average Bonchev–Trinajstić information content (AvgIpc) is 3.21. The fourth-order valence-electron chi connectivity index (χ4n) is 11.1. The monoisotopic (exact) mass is 467 g/mol. The van der Waals surface area contributed by atoms with Crippen LogP contribution in [0.4, 0.5) is 0 Å². The summed E-state index contributed by atoms with van der Waals surface area (Å²) in [4.78, 5) is 2.33. The smallest absolute Gasteiger partial charge is 0.136 e. The second-order valence-electron chi connectivity index (χ2n) is 11.9. The number of piperidine rings is 1. The van der Waals surface area contributed by atoms with Crippen molar-refractivity contribution in [1.82, 2.24) is 4.90 Å². The number of hydrogen-bond donors (Lipinski definition) is 3. The number of nitrogens with zero attached hydrogens (tertiary/aromatic N) is 1. The summed E-state index contributed by atoms with van der Waals surface area (Å²) in [6, 6.07) is -0.386. The highest BCUT2D eigenvalue weighted by Gasteiger charge is 2.91. The van der Waals surface area contributed by atoms with Gasteiger partial charge in [0.05, 0.1) is 37.1 Å². The van der Waals surface area contributed by atoms with E-state index >= 15 is 0 Å². The van der Waals surface area contributed by atoms with Crippen molar-refractivity contribution in [2.45, 2.75) is 74.3 Å². The summed E-state index contributed by atoms with van der Waals surface area (Å²) in [5, 5.41) is 37.1. The number of hydrogen-bond acceptors (Lipinski definition) is 8. The highest BCUT2D eigenvalue weighted by Crippen LogP contribution is 2.80. The minimum absolute atomic E-state index is 0.0563. The highest BCUT2D eigenvalue weighted by atomic mass is 16.5. The molecular weight excluding hydrogens is 426 g/mol. The third-order valence-electron chi connectivity index (χ3n) is 11.6. The predicted octanol–water partition coefficient (Wildman–Crippen LogP) is 0.271. The van der Waals surface area contributed by atoms with Gasteiger partial charge in [-0.3, -0.25) is 4.90 Å². The van der Waals surface area contributed by atoms with Gasteiger partial charge in [-0.15, -0.1) is 0 Å². The van der Waals surface area contributed by atoms with Crippen LogP contribution in [-0.2, 0) is 18.9 Å². The standard InChI is InChI=1S/C25H41NO7/c1-6-26-11-22(12-30-2)8-7-16(27)24-14-9-13-15(31-3)10-23(33-5,17(14)18(13)32-4)25(29,21(24)26)20(28)19(22)24/h13-21,27-29H,6-12H2,1-5H3/t13-,14-,15+,16+,17-,18-,19+,20+,21-,22-,23-,24-,25+/m0/s1. The normalized spacial score (nSPS) is 60.9. The van der Waals surface area contributed by atoms with Crippen molar-refractivity contribution in [3.8, 4) is 0 Å². The first kappa shape index (κ1) is 23.1. The number of rotatable bonds is 6. The molecular formula is C25H41NO7. The van der Waals surface area contributed by atoms with Crippen LogP contribution >= 0.6 is 0 Å². The molecule has 0 aromatic heterocycles. The van der Waals surface area contributed by atoms with Crippen LogP contribution in [0.25, 0.3) is 0 Å². The first-order valence-electron chi connectivity index (χ1n) is 12.7. The summed E-state index contributed by atoms with van der Waals surface area (Å²) in [6.45, 7) is 4.11. The molecule has 6 rings (SSSR count). The minimum atomic E-state index is -1.55. The van der Waals surface area contributed by atoms with Crippen LogP contribution in [0.2, 0.25) is 0 Å². The topological polar surface area (TPSA) is 101 Å². The number of likely N-dealkylation sites (N-methyl/N-ethyl adjacent to an activating group) is 1. The van der Waals surface area contributed by atoms with E-state index in [9.17, 15) is 15.3 Å². The molecule has 7 bridgehead atoms. The number of fused-ring (bicyclic) bond motifs is 2. The van der Waals surface area contributed by atoms with Crippen LogP contribution in [0, 0.1) is 34.5 Å². The zero-order valence-corrected chi connectivity index (χ0v) is 20.6. The van der Waals surface area contributed by atoms with Gasteiger partial charge < -0.3 is 34.3 Å². The lowest BCUT2D eigenvalue weighted by Crippen LogP contribution is -2.82. The van der Waals surface area contributed by atoms with Gasteiger partial charge in [0, 0.05) is 70.0 Å². The van der Waals surface area contributed by atoms with Crippen molar-refractivity contribution in [3.05, 3.63) is 0 Å². The van der Waals surface area contributed by atoms with Gasteiger partial charge in [-0.1, -0.05) is 6.92 Å². The summed E-state index contributed by atoms with van der Waals surface area (Å²) in [7, 11) is 6.84. The van der Waals surface area contributed by atoms with E-state index in [4.69, 9.17) is 18.9 Å². The van der Waals surface area contributed by atoms with Gasteiger partial charge in [-0.2, -0.15) is 0 Å². The Balaban J connectivity index is 1.67. The Bertz CT molecular complexity index is 814. The molecule has 33 heavy (non-hydrogen) atoms. The van der Waals surface area contributed by atoms with Crippen molar-refractivity contribution in [1.29, 1.82) is 0 Å². The lowest BCUT2D eigenvalue weighted by molar-refractivity contribution is -0.324. The second kappa shape index (κ2) is 7.13. The van der Waals surface area contributed by atoms with E-state index < -0.39 is 28.8 Å². The molecule has 188 valence electrons. The average molecular weight is 468 g/mol. The predicted molar refractivity (Wildman–Crippen MR) is 119 cm³/mol. The Morgan fingerprint density at radius 2 is 1.85 bits per heavy atom. The molecule has 0 radical (unpaired) electrons. The molecule has 3 N–H and O–H groups in total. The molecule has 0 amide bonds. The van der Waals surface area contributed by atoms with E-state index in [-0.39, 0.29) is 47.3 Å². The van der Waals surface area contributed by atoms with Crippen molar-refractivity contribution in [2.75, 3.05) is 48.1 Å². The zero-order chi connectivity index (χ0) is 23.6. The Morgan fingerprint density at radius 3 is 2.45 bits per heavy atom. The molecule has 1 aliphatic heterocycles. The van der Waals surface area contributed by atoms with Gasteiger partial charge in [0.15, 0.2) is 0 Å².